The monoisotopic (exact) mass is 261 g/mol. The van der Waals surface area contributed by atoms with E-state index in [1.165, 1.54) is 4.88 Å². The summed E-state index contributed by atoms with van der Waals surface area (Å²) in [5.41, 5.74) is 1.01. The van der Waals surface area contributed by atoms with Crippen molar-refractivity contribution in [3.05, 3.63) is 40.2 Å². The van der Waals surface area contributed by atoms with E-state index in [1.54, 1.807) is 29.0 Å². The first-order chi connectivity index (χ1) is 8.34. The van der Waals surface area contributed by atoms with Crippen molar-refractivity contribution in [3.63, 3.8) is 0 Å². The zero-order valence-electron chi connectivity index (χ0n) is 9.25. The number of fused-ring (bicyclic) bond motifs is 1. The highest BCUT2D eigenvalue weighted by Crippen LogP contribution is 2.28. The molecule has 0 unspecified atom stereocenters. The molecule has 5 heteroatoms. The highest BCUT2D eigenvalue weighted by atomic mass is 32.1. The van der Waals surface area contributed by atoms with Crippen molar-refractivity contribution in [1.82, 2.24) is 9.97 Å². The highest BCUT2D eigenvalue weighted by molar-refractivity contribution is 7.17. The molecular weight excluding hydrogens is 250 g/mol. The topological polar surface area (TPSA) is 37.8 Å². The van der Waals surface area contributed by atoms with Gasteiger partial charge in [0.15, 0.2) is 0 Å². The van der Waals surface area contributed by atoms with Gasteiger partial charge in [0, 0.05) is 4.88 Å². The van der Waals surface area contributed by atoms with E-state index in [1.807, 2.05) is 11.4 Å². The molecule has 0 radical (unpaired) electrons. The fraction of sp³-hybridized carbons (Fsp3) is 0.167. The molecule has 1 N–H and O–H groups in total. The van der Waals surface area contributed by atoms with Crippen LogP contribution in [0.15, 0.2) is 35.3 Å². The zero-order valence-corrected chi connectivity index (χ0v) is 10.9. The number of rotatable bonds is 3. The van der Waals surface area contributed by atoms with Gasteiger partial charge in [0.1, 0.15) is 12.1 Å². The molecule has 0 saturated carbocycles. The standard InChI is InChI=1S/C12H11N3S2/c1-8(10-3-2-5-16-10)15-12-11-9(4-6-17-11)13-7-14-12/h2-8H,1H3,(H,13,14,15)/t8-/m0/s1. The van der Waals surface area contributed by atoms with E-state index in [4.69, 9.17) is 0 Å². The van der Waals surface area contributed by atoms with Gasteiger partial charge in [-0.1, -0.05) is 6.07 Å². The van der Waals surface area contributed by atoms with Gasteiger partial charge in [-0.15, -0.1) is 22.7 Å². The third-order valence-electron chi connectivity index (χ3n) is 2.57. The summed E-state index contributed by atoms with van der Waals surface area (Å²) in [6.45, 7) is 2.15. The Hall–Kier alpha value is -1.46. The first-order valence-electron chi connectivity index (χ1n) is 5.33. The molecule has 3 heterocycles. The van der Waals surface area contributed by atoms with Crippen molar-refractivity contribution in [3.8, 4) is 0 Å². The fourth-order valence-corrected chi connectivity index (χ4v) is 3.24. The Bertz CT molecular complexity index is 616. The van der Waals surface area contributed by atoms with Crippen molar-refractivity contribution >= 4 is 38.7 Å². The number of thiophene rings is 2. The molecule has 3 rings (SSSR count). The van der Waals surface area contributed by atoms with Gasteiger partial charge in [-0.25, -0.2) is 9.97 Å². The third-order valence-corrected chi connectivity index (χ3v) is 4.53. The third kappa shape index (κ3) is 2.03. The van der Waals surface area contributed by atoms with E-state index in [0.717, 1.165) is 16.0 Å². The van der Waals surface area contributed by atoms with Gasteiger partial charge in [-0.2, -0.15) is 0 Å². The number of nitrogens with one attached hydrogen (secondary N) is 1. The first-order valence-corrected chi connectivity index (χ1v) is 7.08. The van der Waals surface area contributed by atoms with Crippen LogP contribution in [0.1, 0.15) is 17.8 Å². The fourth-order valence-electron chi connectivity index (χ4n) is 1.71. The van der Waals surface area contributed by atoms with E-state index in [2.05, 4.69) is 39.7 Å². The van der Waals surface area contributed by atoms with Crippen molar-refractivity contribution < 1.29 is 0 Å². The van der Waals surface area contributed by atoms with E-state index in [9.17, 15) is 0 Å². The van der Waals surface area contributed by atoms with Gasteiger partial charge in [-0.05, 0) is 29.8 Å². The van der Waals surface area contributed by atoms with Crippen molar-refractivity contribution in [2.45, 2.75) is 13.0 Å². The van der Waals surface area contributed by atoms with Gasteiger partial charge in [0.2, 0.25) is 0 Å². The number of nitrogens with zero attached hydrogens (tertiary/aromatic N) is 2. The van der Waals surface area contributed by atoms with Crippen LogP contribution >= 0.6 is 22.7 Å². The summed E-state index contributed by atoms with van der Waals surface area (Å²) in [5.74, 6) is 0.922. The molecule has 0 saturated heterocycles. The number of aromatic nitrogens is 2. The summed E-state index contributed by atoms with van der Waals surface area (Å²) in [4.78, 5) is 9.87. The zero-order chi connectivity index (χ0) is 11.7. The predicted octanol–water partition coefficient (Wildman–Crippen LogP) is 3.93. The van der Waals surface area contributed by atoms with Crippen LogP contribution in [0.5, 0.6) is 0 Å². The van der Waals surface area contributed by atoms with E-state index < -0.39 is 0 Å². The Morgan fingerprint density at radius 2 is 2.12 bits per heavy atom. The van der Waals surface area contributed by atoms with Crippen molar-refractivity contribution in [1.29, 1.82) is 0 Å². The molecule has 3 aromatic rings. The number of hydrogen-bond acceptors (Lipinski definition) is 5. The first kappa shape index (κ1) is 10.7. The Morgan fingerprint density at radius 3 is 2.94 bits per heavy atom. The lowest BCUT2D eigenvalue weighted by atomic mass is 10.3. The summed E-state index contributed by atoms with van der Waals surface area (Å²) in [5, 5.41) is 7.58. The van der Waals surface area contributed by atoms with Crippen LogP contribution in [0, 0.1) is 0 Å². The van der Waals surface area contributed by atoms with Gasteiger partial charge < -0.3 is 5.32 Å². The molecule has 0 bridgehead atoms. The summed E-state index contributed by atoms with van der Waals surface area (Å²) >= 11 is 3.42. The minimum Gasteiger partial charge on any atom is -0.361 e. The lowest BCUT2D eigenvalue weighted by Gasteiger charge is -2.12. The quantitative estimate of drug-likeness (QED) is 0.776. The summed E-state index contributed by atoms with van der Waals surface area (Å²) in [7, 11) is 0. The Balaban J connectivity index is 1.92. The molecule has 17 heavy (non-hydrogen) atoms. The highest BCUT2D eigenvalue weighted by Gasteiger charge is 2.10. The Kier molecular flexibility index (Phi) is 2.78. The normalized spacial score (nSPS) is 12.8. The average molecular weight is 261 g/mol. The number of hydrogen-bond donors (Lipinski definition) is 1. The van der Waals surface area contributed by atoms with Crippen LogP contribution < -0.4 is 5.32 Å². The maximum atomic E-state index is 4.32. The second kappa shape index (κ2) is 4.43. The minimum absolute atomic E-state index is 0.273. The second-order valence-electron chi connectivity index (χ2n) is 3.74. The maximum absolute atomic E-state index is 4.32. The Morgan fingerprint density at radius 1 is 1.18 bits per heavy atom. The van der Waals surface area contributed by atoms with Crippen LogP contribution in [0.4, 0.5) is 5.82 Å². The van der Waals surface area contributed by atoms with E-state index in [0.29, 0.717) is 0 Å². The average Bonchev–Trinajstić information content (AvgIpc) is 3.00. The molecular formula is C12H11N3S2. The summed E-state index contributed by atoms with van der Waals surface area (Å²) in [6, 6.07) is 6.49. The molecule has 3 aromatic heterocycles. The molecule has 0 aliphatic carbocycles. The molecule has 86 valence electrons. The second-order valence-corrected chi connectivity index (χ2v) is 5.63. The van der Waals surface area contributed by atoms with Crippen LogP contribution in [-0.2, 0) is 0 Å². The SMILES string of the molecule is C[C@H](Nc1ncnc2ccsc12)c1cccs1. The van der Waals surface area contributed by atoms with Crippen molar-refractivity contribution in [2.75, 3.05) is 5.32 Å². The van der Waals surface area contributed by atoms with Crippen LogP contribution in [0.3, 0.4) is 0 Å². The smallest absolute Gasteiger partial charge is 0.147 e. The van der Waals surface area contributed by atoms with Crippen LogP contribution in [0.25, 0.3) is 10.2 Å². The lowest BCUT2D eigenvalue weighted by molar-refractivity contribution is 0.898. The maximum Gasteiger partial charge on any atom is 0.147 e. The van der Waals surface area contributed by atoms with Gasteiger partial charge in [0.25, 0.3) is 0 Å². The number of anilines is 1. The molecule has 0 aliphatic rings. The summed E-state index contributed by atoms with van der Waals surface area (Å²) in [6.07, 6.45) is 1.61. The van der Waals surface area contributed by atoms with Gasteiger partial charge in [0.05, 0.1) is 16.3 Å². The molecule has 0 aliphatic heterocycles. The van der Waals surface area contributed by atoms with Gasteiger partial charge in [-0.3, -0.25) is 0 Å². The minimum atomic E-state index is 0.273. The van der Waals surface area contributed by atoms with E-state index in [-0.39, 0.29) is 6.04 Å². The largest absolute Gasteiger partial charge is 0.361 e. The summed E-state index contributed by atoms with van der Waals surface area (Å²) < 4.78 is 1.12. The van der Waals surface area contributed by atoms with E-state index >= 15 is 0 Å². The molecule has 3 nitrogen and oxygen atoms in total. The molecule has 0 fully saturated rings. The van der Waals surface area contributed by atoms with Gasteiger partial charge >= 0.3 is 0 Å². The lowest BCUT2D eigenvalue weighted by Crippen LogP contribution is -2.06. The van der Waals surface area contributed by atoms with Crippen LogP contribution in [0.2, 0.25) is 0 Å². The predicted molar refractivity (Wildman–Crippen MR) is 73.8 cm³/mol. The molecule has 0 amide bonds. The van der Waals surface area contributed by atoms with Crippen LogP contribution in [-0.4, -0.2) is 9.97 Å². The Labute approximate surface area is 107 Å². The molecule has 1 atom stereocenters. The molecule has 0 spiro atoms. The van der Waals surface area contributed by atoms with Crippen molar-refractivity contribution in [2.24, 2.45) is 0 Å². The molecule has 0 aromatic carbocycles.